The fourth-order valence-electron chi connectivity index (χ4n) is 4.99. The van der Waals surface area contributed by atoms with E-state index in [9.17, 15) is 4.79 Å². The van der Waals surface area contributed by atoms with Crippen molar-refractivity contribution in [1.82, 2.24) is 10.3 Å². The minimum Gasteiger partial charge on any atom is -0.494 e. The first-order valence-electron chi connectivity index (χ1n) is 10.8. The second kappa shape index (κ2) is 7.54. The van der Waals surface area contributed by atoms with Crippen LogP contribution in [0.5, 0.6) is 5.75 Å². The molecule has 0 atom stereocenters. The Morgan fingerprint density at radius 3 is 2.73 bits per heavy atom. The van der Waals surface area contributed by atoms with Crippen LogP contribution in [-0.4, -0.2) is 30.5 Å². The van der Waals surface area contributed by atoms with Crippen LogP contribution in [0.25, 0.3) is 10.9 Å². The largest absolute Gasteiger partial charge is 0.494 e. The van der Waals surface area contributed by atoms with Crippen LogP contribution in [0.3, 0.4) is 0 Å². The van der Waals surface area contributed by atoms with Gasteiger partial charge in [0.1, 0.15) is 5.75 Å². The van der Waals surface area contributed by atoms with Gasteiger partial charge in [-0.2, -0.15) is 0 Å². The number of ketones is 1. The quantitative estimate of drug-likeness (QED) is 0.528. The van der Waals surface area contributed by atoms with Gasteiger partial charge in [0.15, 0.2) is 5.78 Å². The van der Waals surface area contributed by atoms with Gasteiger partial charge >= 0.3 is 0 Å². The van der Waals surface area contributed by atoms with Crippen LogP contribution >= 0.6 is 15.9 Å². The molecule has 1 fully saturated rings. The molecule has 2 heterocycles. The maximum absolute atomic E-state index is 13.4. The molecule has 1 aliphatic heterocycles. The number of rotatable bonds is 4. The van der Waals surface area contributed by atoms with Crippen molar-refractivity contribution in [2.45, 2.75) is 38.5 Å². The molecule has 1 saturated heterocycles. The molecule has 5 rings (SSSR count). The van der Waals surface area contributed by atoms with Gasteiger partial charge in [0.2, 0.25) is 0 Å². The second-order valence-corrected chi connectivity index (χ2v) is 9.97. The minimum absolute atomic E-state index is 0.0918. The summed E-state index contributed by atoms with van der Waals surface area (Å²) in [6.45, 7) is 7.32. The van der Waals surface area contributed by atoms with Gasteiger partial charge in [0, 0.05) is 32.0 Å². The zero-order valence-corrected chi connectivity index (χ0v) is 19.1. The predicted octanol–water partition coefficient (Wildman–Crippen LogP) is 5.57. The number of fused-ring (bicyclic) bond motifs is 4. The average Bonchev–Trinajstić information content (AvgIpc) is 3.13. The number of H-pyrrole nitrogens is 1. The molecule has 0 amide bonds. The lowest BCUT2D eigenvalue weighted by atomic mass is 9.71. The summed E-state index contributed by atoms with van der Waals surface area (Å²) in [6, 6.07) is 12.0. The first-order valence-corrected chi connectivity index (χ1v) is 11.6. The van der Waals surface area contributed by atoms with Crippen molar-refractivity contribution in [3.8, 4) is 5.75 Å². The van der Waals surface area contributed by atoms with Crippen LogP contribution in [0.1, 0.15) is 60.3 Å². The monoisotopic (exact) mass is 466 g/mol. The molecule has 2 N–H and O–H groups in total. The first kappa shape index (κ1) is 19.8. The second-order valence-electron chi connectivity index (χ2n) is 9.06. The molecule has 5 heteroatoms. The summed E-state index contributed by atoms with van der Waals surface area (Å²) in [5.74, 6) is 1.69. The Labute approximate surface area is 185 Å². The summed E-state index contributed by atoms with van der Waals surface area (Å²) in [7, 11) is 0. The van der Waals surface area contributed by atoms with Crippen molar-refractivity contribution in [2.24, 2.45) is 5.92 Å². The Balaban J connectivity index is 1.45. The Kier molecular flexibility index (Phi) is 4.98. The van der Waals surface area contributed by atoms with Gasteiger partial charge in [-0.3, -0.25) is 4.79 Å². The number of nitrogens with one attached hydrogen (secondary N) is 2. The van der Waals surface area contributed by atoms with Crippen LogP contribution in [-0.2, 0) is 5.41 Å². The number of carbonyl (C=O) groups is 1. The van der Waals surface area contributed by atoms with Crippen molar-refractivity contribution in [3.63, 3.8) is 0 Å². The van der Waals surface area contributed by atoms with Gasteiger partial charge in [0.25, 0.3) is 0 Å². The summed E-state index contributed by atoms with van der Waals surface area (Å²) in [6.07, 6.45) is 3.55. The lowest BCUT2D eigenvalue weighted by molar-refractivity contribution is 0.103. The molecular weight excluding hydrogens is 440 g/mol. The average molecular weight is 467 g/mol. The van der Waals surface area contributed by atoms with Gasteiger partial charge < -0.3 is 15.0 Å². The number of piperidine rings is 1. The molecule has 0 saturated carbocycles. The van der Waals surface area contributed by atoms with E-state index in [1.807, 2.05) is 30.3 Å². The Hall–Kier alpha value is -2.11. The van der Waals surface area contributed by atoms with Crippen LogP contribution in [0.2, 0.25) is 0 Å². The highest BCUT2D eigenvalue weighted by Gasteiger charge is 2.39. The molecule has 4 nitrogen and oxygen atoms in total. The fraction of sp³-hybridized carbons (Fsp3) is 0.400. The molecular formula is C25H27BrN2O2. The number of hydrogen-bond donors (Lipinski definition) is 2. The van der Waals surface area contributed by atoms with Crippen molar-refractivity contribution < 1.29 is 9.53 Å². The van der Waals surface area contributed by atoms with Crippen LogP contribution in [0.4, 0.5) is 0 Å². The molecule has 1 aliphatic carbocycles. The summed E-state index contributed by atoms with van der Waals surface area (Å²) in [5, 5.41) is 4.40. The van der Waals surface area contributed by atoms with Crippen molar-refractivity contribution in [1.29, 1.82) is 0 Å². The summed E-state index contributed by atoms with van der Waals surface area (Å²) < 4.78 is 7.12. The molecule has 0 unspecified atom stereocenters. The normalized spacial score (nSPS) is 18.3. The topological polar surface area (TPSA) is 54.1 Å². The number of carbonyl (C=O) groups excluding carboxylic acids is 1. The van der Waals surface area contributed by atoms with Gasteiger partial charge in [-0.15, -0.1) is 0 Å². The highest BCUT2D eigenvalue weighted by Crippen LogP contribution is 2.44. The lowest BCUT2D eigenvalue weighted by Gasteiger charge is -2.32. The molecule has 30 heavy (non-hydrogen) atoms. The zero-order chi connectivity index (χ0) is 20.9. The Bertz CT molecular complexity index is 1130. The molecule has 2 aliphatic rings. The van der Waals surface area contributed by atoms with E-state index in [4.69, 9.17) is 4.74 Å². The summed E-state index contributed by atoms with van der Waals surface area (Å²) in [4.78, 5) is 16.9. The van der Waals surface area contributed by atoms with E-state index < -0.39 is 0 Å². The van der Waals surface area contributed by atoms with E-state index in [0.29, 0.717) is 0 Å². The Morgan fingerprint density at radius 1 is 1.13 bits per heavy atom. The fourth-order valence-corrected chi connectivity index (χ4v) is 5.35. The van der Waals surface area contributed by atoms with E-state index in [1.165, 1.54) is 12.8 Å². The number of ether oxygens (including phenoxy) is 1. The molecule has 2 aromatic carbocycles. The molecule has 3 aromatic rings. The van der Waals surface area contributed by atoms with E-state index in [1.54, 1.807) is 0 Å². The van der Waals surface area contributed by atoms with E-state index in [2.05, 4.69) is 46.1 Å². The molecule has 0 radical (unpaired) electrons. The SMILES string of the molecule is CC1(C)c2cc(OCCC3CCNCC3)ccc2C(=O)c2c1[nH]c1cc(Br)ccc21. The Morgan fingerprint density at radius 2 is 1.93 bits per heavy atom. The van der Waals surface area contributed by atoms with Crippen molar-refractivity contribution >= 4 is 32.6 Å². The number of hydrogen-bond acceptors (Lipinski definition) is 3. The predicted molar refractivity (Wildman–Crippen MR) is 124 cm³/mol. The molecule has 0 spiro atoms. The van der Waals surface area contributed by atoms with Crippen LogP contribution < -0.4 is 10.1 Å². The highest BCUT2D eigenvalue weighted by atomic mass is 79.9. The van der Waals surface area contributed by atoms with E-state index >= 15 is 0 Å². The number of aromatic amines is 1. The molecule has 0 bridgehead atoms. The van der Waals surface area contributed by atoms with E-state index in [0.717, 1.165) is 75.5 Å². The maximum atomic E-state index is 13.4. The van der Waals surface area contributed by atoms with Gasteiger partial charge in [0.05, 0.1) is 12.2 Å². The number of halogens is 1. The molecule has 1 aromatic heterocycles. The first-order chi connectivity index (χ1) is 14.4. The third-order valence-electron chi connectivity index (χ3n) is 6.78. The van der Waals surface area contributed by atoms with Crippen LogP contribution in [0, 0.1) is 5.92 Å². The number of aromatic nitrogens is 1. The lowest BCUT2D eigenvalue weighted by Crippen LogP contribution is -2.30. The minimum atomic E-state index is -0.307. The summed E-state index contributed by atoms with van der Waals surface area (Å²) in [5.41, 5.74) is 4.28. The van der Waals surface area contributed by atoms with Crippen molar-refractivity contribution in [2.75, 3.05) is 19.7 Å². The third-order valence-corrected chi connectivity index (χ3v) is 7.27. The smallest absolute Gasteiger partial charge is 0.195 e. The van der Waals surface area contributed by atoms with Crippen molar-refractivity contribution in [3.05, 3.63) is 63.3 Å². The van der Waals surface area contributed by atoms with Crippen LogP contribution in [0.15, 0.2) is 40.9 Å². The third kappa shape index (κ3) is 3.28. The van der Waals surface area contributed by atoms with E-state index in [-0.39, 0.29) is 11.2 Å². The maximum Gasteiger partial charge on any atom is 0.195 e. The molecule has 156 valence electrons. The van der Waals surface area contributed by atoms with Gasteiger partial charge in [-0.1, -0.05) is 35.8 Å². The van der Waals surface area contributed by atoms with Gasteiger partial charge in [-0.25, -0.2) is 0 Å². The number of benzene rings is 2. The summed E-state index contributed by atoms with van der Waals surface area (Å²) >= 11 is 3.53. The zero-order valence-electron chi connectivity index (χ0n) is 17.5. The van der Waals surface area contributed by atoms with Gasteiger partial charge in [-0.05, 0) is 74.2 Å². The highest BCUT2D eigenvalue weighted by molar-refractivity contribution is 9.10. The standard InChI is InChI=1S/C25H27BrN2O2/c1-25(2)20-14-17(30-12-9-15-7-10-27-11-8-15)4-6-18(20)23(29)22-19-5-3-16(26)13-21(19)28-24(22)25/h3-6,13-15,27-28H,7-12H2,1-2H3.